The van der Waals surface area contributed by atoms with Crippen molar-refractivity contribution in [3.05, 3.63) is 23.8 Å². The number of hydroxylamine groups is 1. The standard InChI is InChI=1S/C12H18F3N3O.C4H10N2/c1-19-17-11(18-8-6-16-7-9-18)4-2-10(3-5-11)12(13,14)15;1-2-6-4-3-5-1/h2-4,16-17H,5-9H2,1H3;5-6H,1-4H2. The Hall–Kier alpha value is -0.970. The van der Waals surface area contributed by atoms with Crippen molar-refractivity contribution in [2.75, 3.05) is 59.5 Å². The van der Waals surface area contributed by atoms with Crippen LogP contribution in [-0.4, -0.2) is 76.2 Å². The van der Waals surface area contributed by atoms with E-state index in [4.69, 9.17) is 4.84 Å². The summed E-state index contributed by atoms with van der Waals surface area (Å²) in [5, 5.41) is 9.66. The van der Waals surface area contributed by atoms with Crippen LogP contribution in [0.5, 0.6) is 0 Å². The molecule has 144 valence electrons. The van der Waals surface area contributed by atoms with E-state index >= 15 is 0 Å². The minimum atomic E-state index is -4.29. The highest BCUT2D eigenvalue weighted by Gasteiger charge is 2.40. The van der Waals surface area contributed by atoms with E-state index < -0.39 is 17.4 Å². The molecule has 1 aliphatic carbocycles. The Morgan fingerprint density at radius 1 is 1.04 bits per heavy atom. The van der Waals surface area contributed by atoms with Crippen molar-refractivity contribution < 1.29 is 18.0 Å². The van der Waals surface area contributed by atoms with Crippen molar-refractivity contribution in [2.24, 2.45) is 0 Å². The first kappa shape index (κ1) is 20.3. The summed E-state index contributed by atoms with van der Waals surface area (Å²) in [7, 11) is 1.47. The van der Waals surface area contributed by atoms with Gasteiger partial charge in [0.05, 0.1) is 12.7 Å². The van der Waals surface area contributed by atoms with Crippen molar-refractivity contribution >= 4 is 0 Å². The fourth-order valence-corrected chi connectivity index (χ4v) is 3.06. The van der Waals surface area contributed by atoms with E-state index in [1.54, 1.807) is 6.08 Å². The topological polar surface area (TPSA) is 60.6 Å². The molecule has 2 saturated heterocycles. The van der Waals surface area contributed by atoms with Gasteiger partial charge in [0.1, 0.15) is 5.66 Å². The molecule has 0 aromatic carbocycles. The monoisotopic (exact) mass is 363 g/mol. The number of hydrogen-bond acceptors (Lipinski definition) is 6. The Morgan fingerprint density at radius 2 is 1.60 bits per heavy atom. The van der Waals surface area contributed by atoms with Crippen LogP contribution in [0.25, 0.3) is 0 Å². The van der Waals surface area contributed by atoms with Gasteiger partial charge >= 0.3 is 6.18 Å². The van der Waals surface area contributed by atoms with Gasteiger partial charge in [-0.25, -0.2) is 0 Å². The second kappa shape index (κ2) is 9.65. The van der Waals surface area contributed by atoms with Crippen LogP contribution in [0.1, 0.15) is 6.42 Å². The van der Waals surface area contributed by atoms with Gasteiger partial charge in [0.15, 0.2) is 0 Å². The molecule has 2 fully saturated rings. The molecule has 0 aromatic heterocycles. The first-order valence-corrected chi connectivity index (χ1v) is 8.62. The van der Waals surface area contributed by atoms with Crippen LogP contribution in [0, 0.1) is 0 Å². The summed E-state index contributed by atoms with van der Waals surface area (Å²) in [6, 6.07) is 0. The normalized spacial score (nSPS) is 28.1. The second-order valence-electron chi connectivity index (χ2n) is 6.16. The van der Waals surface area contributed by atoms with Crippen LogP contribution in [0.3, 0.4) is 0 Å². The summed E-state index contributed by atoms with van der Waals surface area (Å²) in [4.78, 5) is 7.08. The fourth-order valence-electron chi connectivity index (χ4n) is 3.06. The van der Waals surface area contributed by atoms with Crippen LogP contribution in [0.15, 0.2) is 23.8 Å². The highest BCUT2D eigenvalue weighted by molar-refractivity contribution is 5.32. The molecule has 0 spiro atoms. The van der Waals surface area contributed by atoms with E-state index in [1.165, 1.54) is 13.2 Å². The first-order valence-electron chi connectivity index (χ1n) is 8.62. The van der Waals surface area contributed by atoms with Crippen LogP contribution in [-0.2, 0) is 4.84 Å². The van der Waals surface area contributed by atoms with Gasteiger partial charge in [-0.15, -0.1) is 0 Å². The molecule has 0 radical (unpaired) electrons. The lowest BCUT2D eigenvalue weighted by Gasteiger charge is -2.44. The zero-order chi connectivity index (χ0) is 18.2. The number of nitrogens with one attached hydrogen (secondary N) is 4. The Kier molecular flexibility index (Phi) is 7.85. The number of rotatable bonds is 3. The molecule has 9 heteroatoms. The molecule has 0 amide bonds. The van der Waals surface area contributed by atoms with Gasteiger partial charge in [-0.2, -0.15) is 18.7 Å². The van der Waals surface area contributed by atoms with Gasteiger partial charge in [-0.3, -0.25) is 4.90 Å². The number of halogens is 3. The second-order valence-corrected chi connectivity index (χ2v) is 6.16. The molecular formula is C16H28F3N5O. The maximum Gasteiger partial charge on any atom is 0.416 e. The van der Waals surface area contributed by atoms with E-state index in [0.29, 0.717) is 0 Å². The van der Waals surface area contributed by atoms with Crippen LogP contribution in [0.2, 0.25) is 0 Å². The molecule has 4 N–H and O–H groups in total. The van der Waals surface area contributed by atoms with Gasteiger partial charge in [-0.1, -0.05) is 12.2 Å². The molecule has 0 bridgehead atoms. The molecule has 3 aliphatic rings. The van der Waals surface area contributed by atoms with Crippen molar-refractivity contribution in [3.63, 3.8) is 0 Å². The lowest BCUT2D eigenvalue weighted by Crippen LogP contribution is -2.62. The predicted octanol–water partition coefficient (Wildman–Crippen LogP) is 0.367. The quantitative estimate of drug-likeness (QED) is 0.544. The van der Waals surface area contributed by atoms with Crippen LogP contribution < -0.4 is 21.4 Å². The SMILES string of the molecule is C1CNCCN1.CONC1(N2CCNCC2)C=CC(C(F)(F)F)=CC1. The fraction of sp³-hybridized carbons (Fsp3) is 0.750. The van der Waals surface area contributed by atoms with E-state index in [1.807, 2.05) is 0 Å². The smallest absolute Gasteiger partial charge is 0.314 e. The minimum absolute atomic E-state index is 0.228. The average Bonchev–Trinajstić information content (AvgIpc) is 2.64. The van der Waals surface area contributed by atoms with Gasteiger partial charge in [0.2, 0.25) is 0 Å². The molecule has 0 saturated carbocycles. The number of allylic oxidation sites excluding steroid dienone is 2. The number of alkyl halides is 3. The van der Waals surface area contributed by atoms with E-state index in [0.717, 1.165) is 58.4 Å². The molecule has 25 heavy (non-hydrogen) atoms. The summed E-state index contributed by atoms with van der Waals surface area (Å²) in [5.74, 6) is 0. The van der Waals surface area contributed by atoms with E-state index in [9.17, 15) is 13.2 Å². The third-order valence-electron chi connectivity index (χ3n) is 4.42. The molecule has 0 aromatic rings. The Bertz CT molecular complexity index is 448. The van der Waals surface area contributed by atoms with Gasteiger partial charge in [0.25, 0.3) is 0 Å². The molecular weight excluding hydrogens is 335 g/mol. The minimum Gasteiger partial charge on any atom is -0.314 e. The van der Waals surface area contributed by atoms with Crippen molar-refractivity contribution in [1.82, 2.24) is 26.3 Å². The molecule has 2 heterocycles. The maximum absolute atomic E-state index is 12.6. The third-order valence-corrected chi connectivity index (χ3v) is 4.42. The largest absolute Gasteiger partial charge is 0.416 e. The molecule has 1 atom stereocenters. The highest BCUT2D eigenvalue weighted by Crippen LogP contribution is 2.33. The van der Waals surface area contributed by atoms with Gasteiger partial charge in [-0.05, 0) is 6.08 Å². The molecule has 2 aliphatic heterocycles. The first-order chi connectivity index (χ1) is 12.0. The Morgan fingerprint density at radius 3 is 2.00 bits per heavy atom. The zero-order valence-electron chi connectivity index (χ0n) is 14.6. The lowest BCUT2D eigenvalue weighted by molar-refractivity contribution is -0.0910. The molecule has 1 unspecified atom stereocenters. The Balaban J connectivity index is 0.000000316. The maximum atomic E-state index is 12.6. The third kappa shape index (κ3) is 6.05. The van der Waals surface area contributed by atoms with Crippen molar-refractivity contribution in [3.8, 4) is 0 Å². The predicted molar refractivity (Wildman–Crippen MR) is 91.0 cm³/mol. The van der Waals surface area contributed by atoms with Gasteiger partial charge < -0.3 is 20.8 Å². The zero-order valence-corrected chi connectivity index (χ0v) is 14.6. The number of hydrogen-bond donors (Lipinski definition) is 4. The Labute approximate surface area is 146 Å². The van der Waals surface area contributed by atoms with Crippen molar-refractivity contribution in [2.45, 2.75) is 18.3 Å². The number of piperazine rings is 2. The van der Waals surface area contributed by atoms with E-state index in [-0.39, 0.29) is 6.42 Å². The van der Waals surface area contributed by atoms with Crippen LogP contribution in [0.4, 0.5) is 13.2 Å². The number of nitrogens with zero attached hydrogens (tertiary/aromatic N) is 1. The summed E-state index contributed by atoms with van der Waals surface area (Å²) in [6.07, 6.45) is -0.179. The summed E-state index contributed by atoms with van der Waals surface area (Å²) >= 11 is 0. The van der Waals surface area contributed by atoms with Crippen molar-refractivity contribution in [1.29, 1.82) is 0 Å². The molecule has 3 rings (SSSR count). The lowest BCUT2D eigenvalue weighted by atomic mass is 9.94. The summed E-state index contributed by atoms with van der Waals surface area (Å²) in [5.41, 5.74) is 1.55. The average molecular weight is 363 g/mol. The summed E-state index contributed by atoms with van der Waals surface area (Å²) in [6.45, 7) is 7.71. The van der Waals surface area contributed by atoms with E-state index in [2.05, 4.69) is 26.3 Å². The highest BCUT2D eigenvalue weighted by atomic mass is 19.4. The summed E-state index contributed by atoms with van der Waals surface area (Å²) < 4.78 is 37.9. The van der Waals surface area contributed by atoms with Gasteiger partial charge in [0, 0.05) is 58.8 Å². The van der Waals surface area contributed by atoms with Crippen LogP contribution >= 0.6 is 0 Å². The molecule has 6 nitrogen and oxygen atoms in total.